The van der Waals surface area contributed by atoms with E-state index in [1.165, 1.54) is 5.69 Å². The molecule has 0 amide bonds. The van der Waals surface area contributed by atoms with E-state index in [1.54, 1.807) is 0 Å². The van der Waals surface area contributed by atoms with Crippen LogP contribution in [0, 0.1) is 6.92 Å². The fourth-order valence-corrected chi connectivity index (χ4v) is 1.76. The van der Waals surface area contributed by atoms with Crippen LogP contribution in [0.5, 0.6) is 0 Å². The van der Waals surface area contributed by atoms with Crippen molar-refractivity contribution in [3.63, 3.8) is 0 Å². The molecule has 0 saturated carbocycles. The third-order valence-corrected chi connectivity index (χ3v) is 2.89. The van der Waals surface area contributed by atoms with Crippen molar-refractivity contribution in [1.82, 2.24) is 9.97 Å². The fraction of sp³-hybridized carbons (Fsp3) is 0.286. The molecule has 0 bridgehead atoms. The summed E-state index contributed by atoms with van der Waals surface area (Å²) in [6.45, 7) is 1.98. The monoisotopic (exact) mass is 242 g/mol. The van der Waals surface area contributed by atoms with Gasteiger partial charge in [-0.3, -0.25) is 0 Å². The van der Waals surface area contributed by atoms with Crippen LogP contribution in [0.4, 0.5) is 11.4 Å². The van der Waals surface area contributed by atoms with E-state index in [9.17, 15) is 0 Å². The summed E-state index contributed by atoms with van der Waals surface area (Å²) >= 11 is 0. The van der Waals surface area contributed by atoms with Crippen LogP contribution in [-0.2, 0) is 0 Å². The SMILES string of the molecule is CNc1cnc(-c2ccc(N(C)C)cc2)nc1C. The first-order chi connectivity index (χ1) is 8.61. The van der Waals surface area contributed by atoms with Crippen molar-refractivity contribution in [3.05, 3.63) is 36.2 Å². The molecular formula is C14H18N4. The van der Waals surface area contributed by atoms with Crippen molar-refractivity contribution in [2.75, 3.05) is 31.4 Å². The Hall–Kier alpha value is -2.10. The van der Waals surface area contributed by atoms with E-state index in [4.69, 9.17) is 0 Å². The molecular weight excluding hydrogens is 224 g/mol. The highest BCUT2D eigenvalue weighted by Crippen LogP contribution is 2.21. The zero-order valence-corrected chi connectivity index (χ0v) is 11.2. The fourth-order valence-electron chi connectivity index (χ4n) is 1.76. The van der Waals surface area contributed by atoms with Crippen molar-refractivity contribution in [3.8, 4) is 11.4 Å². The van der Waals surface area contributed by atoms with E-state index in [1.807, 2.05) is 46.4 Å². The van der Waals surface area contributed by atoms with Gasteiger partial charge in [0.15, 0.2) is 5.82 Å². The Morgan fingerprint density at radius 2 is 1.78 bits per heavy atom. The highest BCUT2D eigenvalue weighted by molar-refractivity contribution is 5.61. The van der Waals surface area contributed by atoms with Gasteiger partial charge in [0.05, 0.1) is 17.6 Å². The molecule has 0 aliphatic heterocycles. The highest BCUT2D eigenvalue weighted by Gasteiger charge is 2.05. The highest BCUT2D eigenvalue weighted by atomic mass is 15.1. The second-order valence-corrected chi connectivity index (χ2v) is 4.38. The van der Waals surface area contributed by atoms with E-state index < -0.39 is 0 Å². The summed E-state index contributed by atoms with van der Waals surface area (Å²) in [7, 11) is 5.92. The number of rotatable bonds is 3. The normalized spacial score (nSPS) is 10.2. The number of anilines is 2. The number of nitrogens with one attached hydrogen (secondary N) is 1. The summed E-state index contributed by atoms with van der Waals surface area (Å²) in [6.07, 6.45) is 1.82. The first kappa shape index (κ1) is 12.4. The van der Waals surface area contributed by atoms with Crippen LogP contribution in [0.25, 0.3) is 11.4 Å². The molecule has 2 rings (SSSR count). The molecule has 0 aliphatic rings. The van der Waals surface area contributed by atoms with E-state index in [0.717, 1.165) is 22.8 Å². The Labute approximate surface area is 108 Å². The minimum Gasteiger partial charge on any atom is -0.385 e. The lowest BCUT2D eigenvalue weighted by molar-refractivity contribution is 1.10. The van der Waals surface area contributed by atoms with Crippen LogP contribution in [0.1, 0.15) is 5.69 Å². The molecule has 0 radical (unpaired) electrons. The van der Waals surface area contributed by atoms with Crippen LogP contribution in [0.3, 0.4) is 0 Å². The van der Waals surface area contributed by atoms with Crippen molar-refractivity contribution >= 4 is 11.4 Å². The van der Waals surface area contributed by atoms with Gasteiger partial charge in [0, 0.05) is 32.4 Å². The molecule has 2 aromatic rings. The summed E-state index contributed by atoms with van der Waals surface area (Å²) in [4.78, 5) is 10.9. The molecule has 4 nitrogen and oxygen atoms in total. The molecule has 1 aromatic heterocycles. The smallest absolute Gasteiger partial charge is 0.159 e. The maximum absolute atomic E-state index is 4.50. The molecule has 0 fully saturated rings. The number of nitrogens with zero attached hydrogens (tertiary/aromatic N) is 3. The van der Waals surface area contributed by atoms with Crippen LogP contribution in [-0.4, -0.2) is 31.1 Å². The Morgan fingerprint density at radius 3 is 2.28 bits per heavy atom. The molecule has 1 aromatic carbocycles. The van der Waals surface area contributed by atoms with Crippen molar-refractivity contribution in [2.45, 2.75) is 6.92 Å². The summed E-state index contributed by atoms with van der Waals surface area (Å²) in [5.41, 5.74) is 4.12. The molecule has 94 valence electrons. The van der Waals surface area contributed by atoms with Gasteiger partial charge in [0.25, 0.3) is 0 Å². The quantitative estimate of drug-likeness (QED) is 0.898. The molecule has 1 heterocycles. The van der Waals surface area contributed by atoms with E-state index >= 15 is 0 Å². The zero-order valence-electron chi connectivity index (χ0n) is 11.2. The van der Waals surface area contributed by atoms with Crippen LogP contribution >= 0.6 is 0 Å². The second kappa shape index (κ2) is 5.04. The van der Waals surface area contributed by atoms with Gasteiger partial charge in [-0.25, -0.2) is 9.97 Å². The van der Waals surface area contributed by atoms with Crippen LogP contribution in [0.2, 0.25) is 0 Å². The van der Waals surface area contributed by atoms with Gasteiger partial charge in [-0.05, 0) is 31.2 Å². The molecule has 1 N–H and O–H groups in total. The average molecular weight is 242 g/mol. The number of hydrogen-bond donors (Lipinski definition) is 1. The predicted octanol–water partition coefficient (Wildman–Crippen LogP) is 2.56. The largest absolute Gasteiger partial charge is 0.385 e. The summed E-state index contributed by atoms with van der Waals surface area (Å²) < 4.78 is 0. The summed E-state index contributed by atoms with van der Waals surface area (Å²) in [5.74, 6) is 0.761. The van der Waals surface area contributed by atoms with Gasteiger partial charge >= 0.3 is 0 Å². The van der Waals surface area contributed by atoms with Gasteiger partial charge < -0.3 is 10.2 Å². The molecule has 0 atom stereocenters. The standard InChI is InChI=1S/C14H18N4/c1-10-13(15-2)9-16-14(17-10)11-5-7-12(8-6-11)18(3)4/h5-9,15H,1-4H3. The van der Waals surface area contributed by atoms with Gasteiger partial charge in [0.1, 0.15) is 0 Å². The molecule has 18 heavy (non-hydrogen) atoms. The maximum Gasteiger partial charge on any atom is 0.159 e. The van der Waals surface area contributed by atoms with Crippen LogP contribution < -0.4 is 10.2 Å². The van der Waals surface area contributed by atoms with Crippen molar-refractivity contribution in [2.24, 2.45) is 0 Å². The van der Waals surface area contributed by atoms with Gasteiger partial charge in [-0.15, -0.1) is 0 Å². The zero-order chi connectivity index (χ0) is 13.1. The third kappa shape index (κ3) is 2.42. The van der Waals surface area contributed by atoms with E-state index in [-0.39, 0.29) is 0 Å². The third-order valence-electron chi connectivity index (χ3n) is 2.89. The van der Waals surface area contributed by atoms with Crippen molar-refractivity contribution in [1.29, 1.82) is 0 Å². The summed E-state index contributed by atoms with van der Waals surface area (Å²) in [6, 6.07) is 8.23. The number of hydrogen-bond acceptors (Lipinski definition) is 4. The van der Waals surface area contributed by atoms with Gasteiger partial charge in [-0.1, -0.05) is 0 Å². The van der Waals surface area contributed by atoms with Crippen molar-refractivity contribution < 1.29 is 0 Å². The molecule has 0 spiro atoms. The van der Waals surface area contributed by atoms with Gasteiger partial charge in [-0.2, -0.15) is 0 Å². The lowest BCUT2D eigenvalue weighted by Gasteiger charge is -2.12. The van der Waals surface area contributed by atoms with Gasteiger partial charge in [0.2, 0.25) is 0 Å². The minimum absolute atomic E-state index is 0.761. The van der Waals surface area contributed by atoms with E-state index in [0.29, 0.717) is 0 Å². The Bertz CT molecular complexity index is 532. The topological polar surface area (TPSA) is 41.1 Å². The predicted molar refractivity (Wildman–Crippen MR) is 76.1 cm³/mol. The lowest BCUT2D eigenvalue weighted by Crippen LogP contribution is -2.08. The number of benzene rings is 1. The van der Waals surface area contributed by atoms with E-state index in [2.05, 4.69) is 32.3 Å². The molecule has 0 unspecified atom stereocenters. The Balaban J connectivity index is 2.34. The molecule has 4 heteroatoms. The Kier molecular flexibility index (Phi) is 3.46. The average Bonchev–Trinajstić information content (AvgIpc) is 2.38. The first-order valence-corrected chi connectivity index (χ1v) is 5.91. The Morgan fingerprint density at radius 1 is 1.11 bits per heavy atom. The first-order valence-electron chi connectivity index (χ1n) is 5.91. The maximum atomic E-state index is 4.50. The molecule has 0 saturated heterocycles. The lowest BCUT2D eigenvalue weighted by atomic mass is 10.2. The number of aryl methyl sites for hydroxylation is 1. The van der Waals surface area contributed by atoms with Crippen LogP contribution in [0.15, 0.2) is 30.5 Å². The summed E-state index contributed by atoms with van der Waals surface area (Å²) in [5, 5.41) is 3.07. The second-order valence-electron chi connectivity index (χ2n) is 4.38. The molecule has 0 aliphatic carbocycles. The number of aromatic nitrogens is 2. The minimum atomic E-state index is 0.761.